The molecule has 0 aliphatic heterocycles. The van der Waals surface area contributed by atoms with Gasteiger partial charge in [-0.1, -0.05) is 18.2 Å². The van der Waals surface area contributed by atoms with E-state index >= 15 is 0 Å². The lowest BCUT2D eigenvalue weighted by Crippen LogP contribution is -2.30. The Morgan fingerprint density at radius 2 is 1.82 bits per heavy atom. The summed E-state index contributed by atoms with van der Waals surface area (Å²) in [7, 11) is 0. The summed E-state index contributed by atoms with van der Waals surface area (Å²) in [6, 6.07) is 11.8. The maximum atomic E-state index is 12.6. The lowest BCUT2D eigenvalue weighted by molar-refractivity contribution is -0.384. The van der Waals surface area contributed by atoms with Gasteiger partial charge >= 0.3 is 5.97 Å². The van der Waals surface area contributed by atoms with E-state index < -0.39 is 22.8 Å². The minimum absolute atomic E-state index is 0.0670. The molecule has 8 nitrogen and oxygen atoms in total. The maximum Gasteiger partial charge on any atom is 0.308 e. The van der Waals surface area contributed by atoms with E-state index in [-0.39, 0.29) is 24.3 Å². The Morgan fingerprint density at radius 3 is 2.43 bits per heavy atom. The molecule has 0 saturated heterocycles. The number of esters is 1. The van der Waals surface area contributed by atoms with Gasteiger partial charge in [0, 0.05) is 17.7 Å². The third-order valence-electron chi connectivity index (χ3n) is 3.89. The van der Waals surface area contributed by atoms with Gasteiger partial charge in [0.25, 0.3) is 11.6 Å². The molecule has 0 unspecified atom stereocenters. The van der Waals surface area contributed by atoms with Gasteiger partial charge in [0.2, 0.25) is 0 Å². The Balaban J connectivity index is 2.23. The first-order valence-corrected chi connectivity index (χ1v) is 8.88. The van der Waals surface area contributed by atoms with Crippen molar-refractivity contribution in [2.75, 3.05) is 13.2 Å². The molecule has 0 bridgehead atoms. The molecule has 28 heavy (non-hydrogen) atoms. The number of hydrogen-bond donors (Lipinski definition) is 1. The highest BCUT2D eigenvalue weighted by molar-refractivity contribution is 5.95. The fourth-order valence-electron chi connectivity index (χ4n) is 2.60. The summed E-state index contributed by atoms with van der Waals surface area (Å²) in [6.45, 7) is 4.32. The van der Waals surface area contributed by atoms with Gasteiger partial charge in [0.05, 0.1) is 30.6 Å². The minimum atomic E-state index is -0.651. The summed E-state index contributed by atoms with van der Waals surface area (Å²) >= 11 is 0. The second kappa shape index (κ2) is 10.1. The quantitative estimate of drug-likeness (QED) is 0.402. The molecule has 2 rings (SSSR count). The van der Waals surface area contributed by atoms with E-state index in [1.54, 1.807) is 31.2 Å². The second-order valence-corrected chi connectivity index (χ2v) is 5.84. The van der Waals surface area contributed by atoms with Gasteiger partial charge in [-0.2, -0.15) is 0 Å². The summed E-state index contributed by atoms with van der Waals surface area (Å²) in [5, 5.41) is 13.7. The van der Waals surface area contributed by atoms with Gasteiger partial charge in [-0.05, 0) is 37.6 Å². The number of carbonyl (C=O) groups excluding carboxylic acids is 2. The van der Waals surface area contributed by atoms with Crippen LogP contribution in [0.5, 0.6) is 5.75 Å². The van der Waals surface area contributed by atoms with Gasteiger partial charge in [0.15, 0.2) is 0 Å². The number of non-ortho nitro benzene ring substituents is 1. The van der Waals surface area contributed by atoms with Crippen molar-refractivity contribution in [3.05, 3.63) is 69.8 Å². The predicted molar refractivity (Wildman–Crippen MR) is 102 cm³/mol. The van der Waals surface area contributed by atoms with Gasteiger partial charge < -0.3 is 14.8 Å². The lowest BCUT2D eigenvalue weighted by atomic mass is 10.0. The van der Waals surface area contributed by atoms with Crippen LogP contribution in [0, 0.1) is 10.1 Å². The molecule has 0 spiro atoms. The van der Waals surface area contributed by atoms with Crippen molar-refractivity contribution in [3.8, 4) is 5.75 Å². The topological polar surface area (TPSA) is 108 Å². The number of nitro groups is 1. The third-order valence-corrected chi connectivity index (χ3v) is 3.89. The van der Waals surface area contributed by atoms with Gasteiger partial charge in [-0.25, -0.2) is 0 Å². The largest absolute Gasteiger partial charge is 0.494 e. The predicted octanol–water partition coefficient (Wildman–Crippen LogP) is 3.42. The highest BCUT2D eigenvalue weighted by Crippen LogP contribution is 2.22. The number of nitrogens with one attached hydrogen (secondary N) is 1. The Hall–Kier alpha value is -3.42. The minimum Gasteiger partial charge on any atom is -0.494 e. The van der Waals surface area contributed by atoms with E-state index in [4.69, 9.17) is 9.47 Å². The van der Waals surface area contributed by atoms with Gasteiger partial charge in [-0.15, -0.1) is 0 Å². The molecule has 1 N–H and O–H groups in total. The Kier molecular flexibility index (Phi) is 7.50. The summed E-state index contributed by atoms with van der Waals surface area (Å²) in [4.78, 5) is 34.9. The summed E-state index contributed by atoms with van der Waals surface area (Å²) < 4.78 is 10.4. The number of nitro benzene ring substituents is 1. The molecule has 2 aromatic carbocycles. The number of amides is 1. The molecular weight excluding hydrogens is 364 g/mol. The van der Waals surface area contributed by atoms with Crippen molar-refractivity contribution in [2.24, 2.45) is 0 Å². The number of hydrogen-bond acceptors (Lipinski definition) is 6. The molecule has 2 aromatic rings. The second-order valence-electron chi connectivity index (χ2n) is 5.84. The Morgan fingerprint density at radius 1 is 1.11 bits per heavy atom. The zero-order chi connectivity index (χ0) is 20.5. The van der Waals surface area contributed by atoms with E-state index in [0.717, 1.165) is 0 Å². The van der Waals surface area contributed by atoms with Crippen LogP contribution in [-0.2, 0) is 9.53 Å². The van der Waals surface area contributed by atoms with Crippen molar-refractivity contribution in [1.29, 1.82) is 0 Å². The Labute approximate surface area is 162 Å². The van der Waals surface area contributed by atoms with Crippen LogP contribution in [0.1, 0.15) is 42.2 Å². The highest BCUT2D eigenvalue weighted by Gasteiger charge is 2.21. The van der Waals surface area contributed by atoms with Crippen LogP contribution in [0.3, 0.4) is 0 Å². The molecule has 148 valence electrons. The molecule has 0 fully saturated rings. The molecule has 0 radical (unpaired) electrons. The summed E-state index contributed by atoms with van der Waals surface area (Å²) in [5.74, 6) is -0.307. The molecule has 8 heteroatoms. The van der Waals surface area contributed by atoms with Crippen LogP contribution in [-0.4, -0.2) is 30.0 Å². The molecule has 0 aromatic heterocycles. The van der Waals surface area contributed by atoms with Crippen LogP contribution < -0.4 is 10.1 Å². The molecule has 0 aliphatic carbocycles. The monoisotopic (exact) mass is 386 g/mol. The average molecular weight is 386 g/mol. The molecule has 0 heterocycles. The number of benzene rings is 2. The molecule has 1 amide bonds. The zero-order valence-electron chi connectivity index (χ0n) is 15.7. The SMILES string of the molecule is CCOC(=O)C[C@H](NC(=O)c1cccc([N+](=O)[O-])c1)c1ccc(OCC)cc1. The normalized spacial score (nSPS) is 11.4. The van der Waals surface area contributed by atoms with Crippen molar-refractivity contribution in [2.45, 2.75) is 26.3 Å². The van der Waals surface area contributed by atoms with E-state index in [1.165, 1.54) is 24.3 Å². The van der Waals surface area contributed by atoms with E-state index in [0.29, 0.717) is 17.9 Å². The molecule has 1 atom stereocenters. The van der Waals surface area contributed by atoms with Crippen molar-refractivity contribution in [3.63, 3.8) is 0 Å². The van der Waals surface area contributed by atoms with Crippen LogP contribution in [0.15, 0.2) is 48.5 Å². The lowest BCUT2D eigenvalue weighted by Gasteiger charge is -2.19. The van der Waals surface area contributed by atoms with Crippen molar-refractivity contribution >= 4 is 17.6 Å². The van der Waals surface area contributed by atoms with Crippen molar-refractivity contribution < 1.29 is 24.0 Å². The smallest absolute Gasteiger partial charge is 0.308 e. The number of rotatable bonds is 9. The first-order chi connectivity index (χ1) is 13.4. The number of nitrogens with zero attached hydrogens (tertiary/aromatic N) is 1. The fraction of sp³-hybridized carbons (Fsp3) is 0.300. The third kappa shape index (κ3) is 5.80. The van der Waals surface area contributed by atoms with E-state index in [1.807, 2.05) is 6.92 Å². The first kappa shape index (κ1) is 20.9. The molecule has 0 aliphatic rings. The van der Waals surface area contributed by atoms with Crippen LogP contribution >= 0.6 is 0 Å². The average Bonchev–Trinajstić information content (AvgIpc) is 2.68. The summed E-state index contributed by atoms with van der Waals surface area (Å²) in [5.41, 5.74) is 0.639. The van der Waals surface area contributed by atoms with E-state index in [2.05, 4.69) is 5.32 Å². The Bertz CT molecular complexity index is 835. The fourth-order valence-corrected chi connectivity index (χ4v) is 2.60. The van der Waals surface area contributed by atoms with E-state index in [9.17, 15) is 19.7 Å². The number of carbonyl (C=O) groups is 2. The molecule has 0 saturated carbocycles. The van der Waals surface area contributed by atoms with Crippen LogP contribution in [0.2, 0.25) is 0 Å². The van der Waals surface area contributed by atoms with Gasteiger partial charge in [0.1, 0.15) is 5.75 Å². The first-order valence-electron chi connectivity index (χ1n) is 8.88. The number of ether oxygens (including phenoxy) is 2. The van der Waals surface area contributed by atoms with Gasteiger partial charge in [-0.3, -0.25) is 19.7 Å². The zero-order valence-corrected chi connectivity index (χ0v) is 15.7. The molecular formula is C20H22N2O6. The highest BCUT2D eigenvalue weighted by atomic mass is 16.6. The van der Waals surface area contributed by atoms with Crippen LogP contribution in [0.25, 0.3) is 0 Å². The van der Waals surface area contributed by atoms with Crippen molar-refractivity contribution in [1.82, 2.24) is 5.32 Å². The van der Waals surface area contributed by atoms with Crippen LogP contribution in [0.4, 0.5) is 5.69 Å². The summed E-state index contributed by atoms with van der Waals surface area (Å²) in [6.07, 6.45) is -0.0670. The standard InChI is InChI=1S/C20H22N2O6/c1-3-27-17-10-8-14(9-11-17)18(13-19(23)28-4-2)21-20(24)15-6-5-7-16(12-15)22(25)26/h5-12,18H,3-4,13H2,1-2H3,(H,21,24)/t18-/m0/s1. The maximum absolute atomic E-state index is 12.6.